The Kier molecular flexibility index (Phi) is 4.35. The van der Waals surface area contributed by atoms with Crippen LogP contribution >= 0.6 is 22.9 Å². The zero-order valence-corrected chi connectivity index (χ0v) is 9.78. The first-order chi connectivity index (χ1) is 6.63. The van der Waals surface area contributed by atoms with Crippen LogP contribution in [0.5, 0.6) is 0 Å². The number of carbonyl (C=O) groups is 1. The second kappa shape index (κ2) is 5.32. The number of nitrogens with zero attached hydrogens (tertiary/aromatic N) is 1. The molecule has 0 aliphatic rings. The average molecular weight is 233 g/mol. The van der Waals surface area contributed by atoms with Gasteiger partial charge < -0.3 is 5.32 Å². The molecule has 14 heavy (non-hydrogen) atoms. The minimum Gasteiger partial charge on any atom is -0.350 e. The number of nitrogens with one attached hydrogen (secondary N) is 1. The quantitative estimate of drug-likeness (QED) is 0.807. The number of hydrogen-bond acceptors (Lipinski definition) is 3. The summed E-state index contributed by atoms with van der Waals surface area (Å²) in [6, 6.07) is 0. The van der Waals surface area contributed by atoms with Crippen molar-refractivity contribution in [1.82, 2.24) is 10.3 Å². The summed E-state index contributed by atoms with van der Waals surface area (Å²) in [4.78, 5) is 15.6. The molecule has 0 fully saturated rings. The molecule has 0 aliphatic heterocycles. The average Bonchev–Trinajstić information content (AvgIpc) is 2.59. The molecule has 1 N–H and O–H groups in total. The molecule has 0 aromatic carbocycles. The molecule has 5 heteroatoms. The van der Waals surface area contributed by atoms with Crippen molar-refractivity contribution in [2.24, 2.45) is 5.92 Å². The summed E-state index contributed by atoms with van der Waals surface area (Å²) in [6.07, 6.45) is 0. The highest BCUT2D eigenvalue weighted by Crippen LogP contribution is 2.07. The molecule has 0 saturated heterocycles. The maximum absolute atomic E-state index is 11.3. The SMILES string of the molecule is Cc1nc(CNC(=O)C(C)CCl)cs1. The van der Waals surface area contributed by atoms with Crippen molar-refractivity contribution in [1.29, 1.82) is 0 Å². The Balaban J connectivity index is 2.37. The maximum atomic E-state index is 11.3. The third-order valence-corrected chi connectivity index (χ3v) is 3.07. The fourth-order valence-corrected chi connectivity index (χ4v) is 1.66. The molecule has 1 atom stereocenters. The van der Waals surface area contributed by atoms with Crippen molar-refractivity contribution in [2.45, 2.75) is 20.4 Å². The van der Waals surface area contributed by atoms with E-state index in [0.29, 0.717) is 12.4 Å². The minimum atomic E-state index is -0.142. The monoisotopic (exact) mass is 232 g/mol. The molecular formula is C9H13ClN2OS. The standard InChI is InChI=1S/C9H13ClN2OS/c1-6(3-10)9(13)11-4-8-5-14-7(2)12-8/h5-6H,3-4H2,1-2H3,(H,11,13). The van der Waals surface area contributed by atoms with E-state index in [2.05, 4.69) is 10.3 Å². The normalized spacial score (nSPS) is 12.5. The van der Waals surface area contributed by atoms with Crippen molar-refractivity contribution >= 4 is 28.8 Å². The van der Waals surface area contributed by atoms with E-state index in [1.54, 1.807) is 18.3 Å². The number of hydrogen-bond donors (Lipinski definition) is 1. The Morgan fingerprint density at radius 2 is 2.50 bits per heavy atom. The van der Waals surface area contributed by atoms with Crippen LogP contribution in [0.15, 0.2) is 5.38 Å². The number of carbonyl (C=O) groups excluding carboxylic acids is 1. The molecule has 0 spiro atoms. The van der Waals surface area contributed by atoms with Gasteiger partial charge in [-0.2, -0.15) is 0 Å². The molecule has 0 bridgehead atoms. The Bertz CT molecular complexity index is 314. The Morgan fingerprint density at radius 3 is 3.00 bits per heavy atom. The van der Waals surface area contributed by atoms with E-state index >= 15 is 0 Å². The highest BCUT2D eigenvalue weighted by Gasteiger charge is 2.10. The smallest absolute Gasteiger partial charge is 0.224 e. The third-order valence-electron chi connectivity index (χ3n) is 1.79. The van der Waals surface area contributed by atoms with Gasteiger partial charge in [-0.1, -0.05) is 6.92 Å². The summed E-state index contributed by atoms with van der Waals surface area (Å²) in [6.45, 7) is 4.23. The van der Waals surface area contributed by atoms with Gasteiger partial charge in [0.1, 0.15) is 0 Å². The summed E-state index contributed by atoms with van der Waals surface area (Å²) in [5.41, 5.74) is 0.905. The van der Waals surface area contributed by atoms with E-state index < -0.39 is 0 Å². The molecule has 1 rings (SSSR count). The van der Waals surface area contributed by atoms with Gasteiger partial charge in [0, 0.05) is 17.2 Å². The van der Waals surface area contributed by atoms with Gasteiger partial charge in [-0.15, -0.1) is 22.9 Å². The van der Waals surface area contributed by atoms with Crippen LogP contribution < -0.4 is 5.32 Å². The number of rotatable bonds is 4. The van der Waals surface area contributed by atoms with E-state index in [4.69, 9.17) is 11.6 Å². The lowest BCUT2D eigenvalue weighted by molar-refractivity contribution is -0.124. The lowest BCUT2D eigenvalue weighted by atomic mass is 10.2. The predicted molar refractivity (Wildman–Crippen MR) is 58.6 cm³/mol. The number of halogens is 1. The molecule has 0 saturated carbocycles. The highest BCUT2D eigenvalue weighted by atomic mass is 35.5. The number of alkyl halides is 1. The van der Waals surface area contributed by atoms with Crippen molar-refractivity contribution in [3.8, 4) is 0 Å². The third kappa shape index (κ3) is 3.27. The second-order valence-electron chi connectivity index (χ2n) is 3.13. The van der Waals surface area contributed by atoms with Crippen LogP contribution in [0.4, 0.5) is 0 Å². The van der Waals surface area contributed by atoms with E-state index in [1.807, 2.05) is 12.3 Å². The van der Waals surface area contributed by atoms with E-state index in [1.165, 1.54) is 0 Å². The van der Waals surface area contributed by atoms with Crippen molar-refractivity contribution in [2.75, 3.05) is 5.88 Å². The zero-order chi connectivity index (χ0) is 10.6. The summed E-state index contributed by atoms with van der Waals surface area (Å²) in [5, 5.41) is 5.74. The van der Waals surface area contributed by atoms with Gasteiger partial charge in [-0.3, -0.25) is 4.79 Å². The minimum absolute atomic E-state index is 0.0225. The number of aromatic nitrogens is 1. The first-order valence-corrected chi connectivity index (χ1v) is 5.79. The summed E-state index contributed by atoms with van der Waals surface area (Å²) in [5.74, 6) is 0.184. The molecule has 0 aliphatic carbocycles. The van der Waals surface area contributed by atoms with Crippen LogP contribution in [0.3, 0.4) is 0 Å². The predicted octanol–water partition coefficient (Wildman–Crippen LogP) is 1.94. The molecule has 1 aromatic heterocycles. The lowest BCUT2D eigenvalue weighted by Crippen LogP contribution is -2.29. The van der Waals surface area contributed by atoms with Crippen molar-refractivity contribution < 1.29 is 4.79 Å². The fraction of sp³-hybridized carbons (Fsp3) is 0.556. The van der Waals surface area contributed by atoms with Crippen LogP contribution in [0.2, 0.25) is 0 Å². The molecule has 3 nitrogen and oxygen atoms in total. The topological polar surface area (TPSA) is 42.0 Å². The lowest BCUT2D eigenvalue weighted by Gasteiger charge is -2.07. The Morgan fingerprint density at radius 1 is 1.79 bits per heavy atom. The highest BCUT2D eigenvalue weighted by molar-refractivity contribution is 7.09. The van der Waals surface area contributed by atoms with Gasteiger partial charge in [0.2, 0.25) is 5.91 Å². The molecule has 78 valence electrons. The van der Waals surface area contributed by atoms with Gasteiger partial charge in [0.15, 0.2) is 0 Å². The fourth-order valence-electron chi connectivity index (χ4n) is 0.911. The zero-order valence-electron chi connectivity index (χ0n) is 8.21. The summed E-state index contributed by atoms with van der Waals surface area (Å²) < 4.78 is 0. The van der Waals surface area contributed by atoms with Crippen LogP contribution in [0.25, 0.3) is 0 Å². The van der Waals surface area contributed by atoms with Crippen LogP contribution in [0, 0.1) is 12.8 Å². The molecule has 1 heterocycles. The molecule has 1 amide bonds. The number of thiazole rings is 1. The molecule has 1 aromatic rings. The van der Waals surface area contributed by atoms with E-state index in [9.17, 15) is 4.79 Å². The van der Waals surface area contributed by atoms with E-state index in [-0.39, 0.29) is 11.8 Å². The van der Waals surface area contributed by atoms with Gasteiger partial charge in [-0.05, 0) is 6.92 Å². The first kappa shape index (κ1) is 11.5. The second-order valence-corrected chi connectivity index (χ2v) is 4.50. The first-order valence-electron chi connectivity index (χ1n) is 4.38. The van der Waals surface area contributed by atoms with Gasteiger partial charge >= 0.3 is 0 Å². The summed E-state index contributed by atoms with van der Waals surface area (Å²) in [7, 11) is 0. The molecule has 1 unspecified atom stereocenters. The van der Waals surface area contributed by atoms with Crippen LogP contribution in [-0.2, 0) is 11.3 Å². The maximum Gasteiger partial charge on any atom is 0.224 e. The summed E-state index contributed by atoms with van der Waals surface area (Å²) >= 11 is 7.14. The van der Waals surface area contributed by atoms with Crippen LogP contribution in [0.1, 0.15) is 17.6 Å². The number of amides is 1. The van der Waals surface area contributed by atoms with Gasteiger partial charge in [0.25, 0.3) is 0 Å². The number of aryl methyl sites for hydroxylation is 1. The largest absolute Gasteiger partial charge is 0.350 e. The molecule has 0 radical (unpaired) electrons. The van der Waals surface area contributed by atoms with Gasteiger partial charge in [0.05, 0.1) is 17.2 Å². The Labute approximate surface area is 92.5 Å². The van der Waals surface area contributed by atoms with E-state index in [0.717, 1.165) is 10.7 Å². The van der Waals surface area contributed by atoms with Gasteiger partial charge in [-0.25, -0.2) is 4.98 Å². The Hall–Kier alpha value is -0.610. The molecular weight excluding hydrogens is 220 g/mol. The van der Waals surface area contributed by atoms with Crippen LogP contribution in [-0.4, -0.2) is 16.8 Å². The van der Waals surface area contributed by atoms with Crippen molar-refractivity contribution in [3.63, 3.8) is 0 Å². The van der Waals surface area contributed by atoms with Crippen molar-refractivity contribution in [3.05, 3.63) is 16.1 Å².